The Morgan fingerprint density at radius 2 is 1.83 bits per heavy atom. The maximum Gasteiger partial charge on any atom is 0.387 e. The van der Waals surface area contributed by atoms with E-state index in [2.05, 4.69) is 21.0 Å². The Morgan fingerprint density at radius 1 is 1.12 bits per heavy atom. The van der Waals surface area contributed by atoms with Gasteiger partial charge < -0.3 is 23.8 Å². The molecular weight excluding hydrogens is 581 g/mol. The van der Waals surface area contributed by atoms with Crippen molar-refractivity contribution in [2.75, 3.05) is 13.2 Å². The highest BCUT2D eigenvalue weighted by Gasteiger charge is 2.49. The molecule has 0 radical (unpaired) electrons. The molecular formula is C29H26Cl2F2N2O6. The van der Waals surface area contributed by atoms with Crippen molar-refractivity contribution in [3.63, 3.8) is 0 Å². The number of pyridine rings is 1. The molecule has 2 aliphatic heterocycles. The lowest BCUT2D eigenvalue weighted by molar-refractivity contribution is -0.181. The lowest BCUT2D eigenvalue weighted by atomic mass is 9.66. The average molecular weight is 607 g/mol. The summed E-state index contributed by atoms with van der Waals surface area (Å²) in [7, 11) is 0. The van der Waals surface area contributed by atoms with E-state index in [0.717, 1.165) is 43.1 Å². The van der Waals surface area contributed by atoms with Gasteiger partial charge in [-0.25, -0.2) is 4.79 Å². The number of alkyl halides is 2. The Kier molecular flexibility index (Phi) is 7.42. The molecule has 4 heterocycles. The van der Waals surface area contributed by atoms with Crippen LogP contribution >= 0.6 is 23.2 Å². The van der Waals surface area contributed by atoms with Gasteiger partial charge in [0.25, 0.3) is 0 Å². The van der Waals surface area contributed by atoms with Gasteiger partial charge in [-0.2, -0.15) is 8.78 Å². The van der Waals surface area contributed by atoms with Crippen molar-refractivity contribution in [3.8, 4) is 22.8 Å². The molecule has 1 aromatic carbocycles. The highest BCUT2D eigenvalue weighted by molar-refractivity contribution is 6.39. The molecule has 1 N–H and O–H groups in total. The highest BCUT2D eigenvalue weighted by Crippen LogP contribution is 2.51. The van der Waals surface area contributed by atoms with E-state index in [4.69, 9.17) is 37.2 Å². The molecule has 7 rings (SSSR count). The van der Waals surface area contributed by atoms with Crippen LogP contribution in [0.5, 0.6) is 11.5 Å². The van der Waals surface area contributed by atoms with Crippen LogP contribution in [-0.4, -0.2) is 46.6 Å². The predicted octanol–water partition coefficient (Wildman–Crippen LogP) is 7.64. The maximum atomic E-state index is 12.7. The fourth-order valence-corrected chi connectivity index (χ4v) is 6.09. The summed E-state index contributed by atoms with van der Waals surface area (Å²) in [6.45, 7) is -2.46. The number of carboxylic acid groups (broad SMARTS) is 1. The number of aromatic nitrogens is 2. The number of ether oxygens (including phenoxy) is 3. The van der Waals surface area contributed by atoms with Gasteiger partial charge in [-0.1, -0.05) is 40.5 Å². The first kappa shape index (κ1) is 27.9. The molecule has 4 aliphatic rings. The number of hydrogen-bond acceptors (Lipinski definition) is 7. The number of fused-ring (bicyclic) bond motifs is 3. The van der Waals surface area contributed by atoms with Crippen LogP contribution in [-0.2, 0) is 4.74 Å². The van der Waals surface area contributed by atoms with Crippen molar-refractivity contribution in [2.24, 2.45) is 5.41 Å². The largest absolute Gasteiger partial charge is 0.490 e. The molecule has 4 fully saturated rings. The summed E-state index contributed by atoms with van der Waals surface area (Å²) in [5.41, 5.74) is 1.09. The van der Waals surface area contributed by atoms with Crippen molar-refractivity contribution in [1.29, 1.82) is 0 Å². The van der Waals surface area contributed by atoms with Crippen molar-refractivity contribution in [1.82, 2.24) is 10.1 Å². The molecule has 0 atom stereocenters. The number of halogens is 4. The fraction of sp³-hybridized carbons (Fsp3) is 0.414. The van der Waals surface area contributed by atoms with Crippen LogP contribution in [0.4, 0.5) is 8.78 Å². The zero-order chi connectivity index (χ0) is 28.8. The van der Waals surface area contributed by atoms with E-state index in [1.54, 1.807) is 0 Å². The smallest absolute Gasteiger partial charge is 0.387 e. The number of aromatic carboxylic acids is 1. The van der Waals surface area contributed by atoms with Gasteiger partial charge >= 0.3 is 12.6 Å². The summed E-state index contributed by atoms with van der Waals surface area (Å²) in [6.07, 6.45) is 12.5. The van der Waals surface area contributed by atoms with Crippen molar-refractivity contribution in [3.05, 3.63) is 63.6 Å². The molecule has 216 valence electrons. The third-order valence-corrected chi connectivity index (χ3v) is 8.65. The van der Waals surface area contributed by atoms with Gasteiger partial charge in [-0.3, -0.25) is 4.98 Å². The standard InChI is InChI=1S/C29H26Cl2F2N2O6/c30-21-12-34-13-22(31)23(21)24-20(25(41-35-24)16-1-2-16)3-4-28-5-7-29(8-6-28,39-14-28)15-38-18-9-17(26(36)37)10-19(11-18)40-27(32)33/h3-4,9-13,16,27H,1-2,5-8,14-15H2,(H,36,37)/b4-3+. The van der Waals surface area contributed by atoms with E-state index < -0.39 is 18.2 Å². The minimum atomic E-state index is -3.08. The fourth-order valence-electron chi connectivity index (χ4n) is 5.54. The van der Waals surface area contributed by atoms with Crippen LogP contribution in [0.2, 0.25) is 10.0 Å². The normalized spacial score (nSPS) is 23.8. The lowest BCUT2D eigenvalue weighted by Gasteiger charge is -2.51. The molecule has 3 aromatic rings. The Labute approximate surface area is 244 Å². The second-order valence-corrected chi connectivity index (χ2v) is 11.7. The summed E-state index contributed by atoms with van der Waals surface area (Å²) >= 11 is 12.9. The van der Waals surface area contributed by atoms with E-state index in [0.29, 0.717) is 46.7 Å². The summed E-state index contributed by atoms with van der Waals surface area (Å²) in [4.78, 5) is 15.5. The van der Waals surface area contributed by atoms with E-state index in [1.165, 1.54) is 24.5 Å². The van der Waals surface area contributed by atoms with Gasteiger partial charge in [0.15, 0.2) is 0 Å². The second kappa shape index (κ2) is 10.9. The number of hydrogen-bond donors (Lipinski definition) is 1. The zero-order valence-corrected chi connectivity index (χ0v) is 23.3. The van der Waals surface area contributed by atoms with E-state index in [9.17, 15) is 18.7 Å². The van der Waals surface area contributed by atoms with Crippen LogP contribution < -0.4 is 9.47 Å². The maximum absolute atomic E-state index is 12.7. The number of carbonyl (C=O) groups is 1. The van der Waals surface area contributed by atoms with Gasteiger partial charge in [0.1, 0.15) is 35.2 Å². The Hall–Kier alpha value is -3.21. The second-order valence-electron chi connectivity index (χ2n) is 10.9. The molecule has 0 unspecified atom stereocenters. The van der Waals surface area contributed by atoms with Gasteiger partial charge in [0.2, 0.25) is 0 Å². The average Bonchev–Trinajstić information content (AvgIpc) is 3.71. The van der Waals surface area contributed by atoms with Crippen LogP contribution in [0.25, 0.3) is 17.3 Å². The van der Waals surface area contributed by atoms with Gasteiger partial charge in [0.05, 0.1) is 22.2 Å². The van der Waals surface area contributed by atoms with Crippen LogP contribution in [0.15, 0.2) is 41.2 Å². The monoisotopic (exact) mass is 606 g/mol. The molecule has 8 nitrogen and oxygen atoms in total. The summed E-state index contributed by atoms with van der Waals surface area (Å²) in [5.74, 6) is -0.284. The lowest BCUT2D eigenvalue weighted by Crippen LogP contribution is -2.53. The minimum Gasteiger partial charge on any atom is -0.490 e. The highest BCUT2D eigenvalue weighted by atomic mass is 35.5. The molecule has 0 amide bonds. The zero-order valence-electron chi connectivity index (χ0n) is 21.7. The van der Waals surface area contributed by atoms with Gasteiger partial charge in [-0.15, -0.1) is 0 Å². The SMILES string of the molecule is O=C(O)c1cc(OCC23CCC(/C=C/c4c(-c5c(Cl)cncc5Cl)noc4C4CC4)(CC2)CO3)cc(OC(F)F)c1. The Morgan fingerprint density at radius 3 is 2.44 bits per heavy atom. The number of carboxylic acids is 1. The number of benzene rings is 1. The van der Waals surface area contributed by atoms with Gasteiger partial charge in [-0.05, 0) is 50.7 Å². The van der Waals surface area contributed by atoms with Crippen LogP contribution in [0, 0.1) is 5.41 Å². The molecule has 2 aromatic heterocycles. The first-order valence-corrected chi connectivity index (χ1v) is 14.0. The molecule has 2 bridgehead atoms. The third-order valence-electron chi connectivity index (χ3n) is 8.07. The number of nitrogens with zero attached hydrogens (tertiary/aromatic N) is 2. The molecule has 2 saturated carbocycles. The molecule has 2 saturated heterocycles. The van der Waals surface area contributed by atoms with E-state index >= 15 is 0 Å². The summed E-state index contributed by atoms with van der Waals surface area (Å²) in [6, 6.07) is 3.57. The van der Waals surface area contributed by atoms with E-state index in [1.807, 2.05) is 6.08 Å². The Balaban J connectivity index is 1.17. The van der Waals surface area contributed by atoms with Crippen molar-refractivity contribution >= 4 is 35.2 Å². The molecule has 41 heavy (non-hydrogen) atoms. The van der Waals surface area contributed by atoms with Crippen molar-refractivity contribution in [2.45, 2.75) is 56.7 Å². The predicted molar refractivity (Wildman–Crippen MR) is 146 cm³/mol. The molecule has 2 aliphatic carbocycles. The van der Waals surface area contributed by atoms with Crippen LogP contribution in [0.1, 0.15) is 66.1 Å². The summed E-state index contributed by atoms with van der Waals surface area (Å²) < 4.78 is 47.8. The van der Waals surface area contributed by atoms with E-state index in [-0.39, 0.29) is 29.1 Å². The quantitative estimate of drug-likeness (QED) is 0.251. The van der Waals surface area contributed by atoms with Crippen LogP contribution in [0.3, 0.4) is 0 Å². The first-order valence-electron chi connectivity index (χ1n) is 13.2. The summed E-state index contributed by atoms with van der Waals surface area (Å²) in [5, 5.41) is 14.5. The Bertz CT molecular complexity index is 1460. The van der Waals surface area contributed by atoms with Crippen molar-refractivity contribution < 1.29 is 37.4 Å². The molecule has 12 heteroatoms. The van der Waals surface area contributed by atoms with Gasteiger partial charge in [0, 0.05) is 40.9 Å². The topological polar surface area (TPSA) is 104 Å². The third kappa shape index (κ3) is 5.78. The minimum absolute atomic E-state index is 0.127. The first-order chi connectivity index (χ1) is 19.7. The number of rotatable bonds is 10. The molecule has 0 spiro atoms.